The average Bonchev–Trinajstić information content (AvgIpc) is 3.19. The Hall–Kier alpha value is -3.80. The molecule has 2 aromatic heterocycles. The molecule has 0 saturated carbocycles. The molecular formula is C23H23N5O. The number of nitrogens with one attached hydrogen (secondary N) is 3. The fourth-order valence-corrected chi connectivity index (χ4v) is 3.25. The molecule has 4 N–H and O–H groups in total. The molecule has 6 heteroatoms. The maximum Gasteiger partial charge on any atom is 0.154 e. The lowest BCUT2D eigenvalue weighted by molar-refractivity contribution is 0.466. The van der Waals surface area contributed by atoms with Gasteiger partial charge in [0.05, 0.1) is 0 Å². The van der Waals surface area contributed by atoms with E-state index in [0.29, 0.717) is 12.3 Å². The van der Waals surface area contributed by atoms with Crippen molar-refractivity contribution in [2.45, 2.75) is 20.4 Å². The van der Waals surface area contributed by atoms with Gasteiger partial charge >= 0.3 is 0 Å². The number of nitrogens with zero attached hydrogens (tertiary/aromatic N) is 2. The van der Waals surface area contributed by atoms with Crippen molar-refractivity contribution in [3.05, 3.63) is 83.7 Å². The first kappa shape index (κ1) is 18.6. The Bertz CT molecular complexity index is 1080. The quantitative estimate of drug-likeness (QED) is 0.369. The minimum absolute atomic E-state index is 0.358. The van der Waals surface area contributed by atoms with Crippen molar-refractivity contribution in [3.63, 3.8) is 0 Å². The van der Waals surface area contributed by atoms with Crippen LogP contribution in [0.25, 0.3) is 11.1 Å². The second-order valence-electron chi connectivity index (χ2n) is 7.04. The molecule has 0 bridgehead atoms. The summed E-state index contributed by atoms with van der Waals surface area (Å²) in [7, 11) is 0. The Morgan fingerprint density at radius 1 is 0.966 bits per heavy atom. The van der Waals surface area contributed by atoms with E-state index < -0.39 is 0 Å². The van der Waals surface area contributed by atoms with Gasteiger partial charge in [-0.05, 0) is 59.9 Å². The van der Waals surface area contributed by atoms with Gasteiger partial charge in [-0.25, -0.2) is 0 Å². The standard InChI is InChI=1S/C23H23N5O/c1-15-10-17(11-16(2)23(15)29)13-25-21-12-22(28-27-21)26-20-7-5-18(6-8-20)19-4-3-9-24-14-19/h3-12,14,29H,13H2,1-2H3,(H3,25,26,27,28). The van der Waals surface area contributed by atoms with E-state index in [1.54, 1.807) is 6.20 Å². The number of H-pyrrole nitrogens is 1. The molecule has 0 amide bonds. The number of aromatic hydroxyl groups is 1. The summed E-state index contributed by atoms with van der Waals surface area (Å²) in [6.07, 6.45) is 3.62. The fraction of sp³-hybridized carbons (Fsp3) is 0.130. The van der Waals surface area contributed by atoms with Crippen LogP contribution in [0.1, 0.15) is 16.7 Å². The van der Waals surface area contributed by atoms with Crippen molar-refractivity contribution < 1.29 is 5.11 Å². The van der Waals surface area contributed by atoms with Gasteiger partial charge in [-0.1, -0.05) is 30.3 Å². The number of hydrogen-bond acceptors (Lipinski definition) is 5. The Morgan fingerprint density at radius 2 is 1.72 bits per heavy atom. The topological polar surface area (TPSA) is 85.9 Å². The van der Waals surface area contributed by atoms with Crippen LogP contribution in [0.3, 0.4) is 0 Å². The van der Waals surface area contributed by atoms with Crippen LogP contribution in [0.5, 0.6) is 5.75 Å². The molecule has 29 heavy (non-hydrogen) atoms. The first-order valence-corrected chi connectivity index (χ1v) is 9.44. The number of phenols is 1. The lowest BCUT2D eigenvalue weighted by Crippen LogP contribution is -2.00. The number of aryl methyl sites for hydroxylation is 2. The number of aromatic amines is 1. The van der Waals surface area contributed by atoms with Gasteiger partial charge in [0.15, 0.2) is 5.82 Å². The summed E-state index contributed by atoms with van der Waals surface area (Å²) in [5.74, 6) is 1.92. The van der Waals surface area contributed by atoms with E-state index in [1.807, 2.05) is 62.5 Å². The van der Waals surface area contributed by atoms with Gasteiger partial charge in [0.25, 0.3) is 0 Å². The van der Waals surface area contributed by atoms with Crippen molar-refractivity contribution in [1.29, 1.82) is 0 Å². The molecule has 146 valence electrons. The van der Waals surface area contributed by atoms with Gasteiger partial charge in [0.1, 0.15) is 11.6 Å². The number of aromatic nitrogens is 3. The van der Waals surface area contributed by atoms with Crippen molar-refractivity contribution in [1.82, 2.24) is 15.2 Å². The predicted octanol–water partition coefficient (Wildman–Crippen LogP) is 5.15. The highest BCUT2D eigenvalue weighted by Crippen LogP contribution is 2.25. The molecule has 0 spiro atoms. The number of benzene rings is 2. The summed E-state index contributed by atoms with van der Waals surface area (Å²) < 4.78 is 0. The van der Waals surface area contributed by atoms with Crippen LogP contribution >= 0.6 is 0 Å². The third-order valence-electron chi connectivity index (χ3n) is 4.76. The Labute approximate surface area is 169 Å². The lowest BCUT2D eigenvalue weighted by Gasteiger charge is -2.08. The van der Waals surface area contributed by atoms with E-state index in [9.17, 15) is 5.11 Å². The van der Waals surface area contributed by atoms with Crippen LogP contribution in [0, 0.1) is 13.8 Å². The van der Waals surface area contributed by atoms with Crippen LogP contribution < -0.4 is 10.6 Å². The largest absolute Gasteiger partial charge is 0.507 e. The highest BCUT2D eigenvalue weighted by molar-refractivity contribution is 5.67. The zero-order valence-corrected chi connectivity index (χ0v) is 16.4. The molecule has 2 aromatic carbocycles. The average molecular weight is 385 g/mol. The summed E-state index contributed by atoms with van der Waals surface area (Å²) >= 11 is 0. The maximum absolute atomic E-state index is 9.89. The molecule has 0 radical (unpaired) electrons. The SMILES string of the molecule is Cc1cc(CNc2cc(Nc3ccc(-c4cccnc4)cc3)n[nH]2)cc(C)c1O. The molecule has 0 aliphatic heterocycles. The first-order valence-electron chi connectivity index (χ1n) is 9.44. The predicted molar refractivity (Wildman–Crippen MR) is 116 cm³/mol. The number of anilines is 3. The van der Waals surface area contributed by atoms with Gasteiger partial charge in [-0.15, -0.1) is 0 Å². The second-order valence-corrected chi connectivity index (χ2v) is 7.04. The van der Waals surface area contributed by atoms with E-state index in [4.69, 9.17) is 0 Å². The van der Waals surface area contributed by atoms with E-state index >= 15 is 0 Å². The number of hydrogen-bond donors (Lipinski definition) is 4. The molecule has 0 saturated heterocycles. The second kappa shape index (κ2) is 8.06. The van der Waals surface area contributed by atoms with Gasteiger partial charge in [0.2, 0.25) is 0 Å². The van der Waals surface area contributed by atoms with E-state index in [1.165, 1.54) is 0 Å². The number of phenolic OH excluding ortho intramolecular Hbond substituents is 1. The van der Waals surface area contributed by atoms with Crippen LogP contribution in [-0.4, -0.2) is 20.3 Å². The molecule has 0 fully saturated rings. The molecule has 6 nitrogen and oxygen atoms in total. The third kappa shape index (κ3) is 4.38. The highest BCUT2D eigenvalue weighted by Gasteiger charge is 2.06. The zero-order chi connectivity index (χ0) is 20.2. The minimum atomic E-state index is 0.358. The number of pyridine rings is 1. The summed E-state index contributed by atoms with van der Waals surface area (Å²) in [5, 5.41) is 23.8. The normalized spacial score (nSPS) is 10.7. The van der Waals surface area contributed by atoms with Gasteiger partial charge in [0, 0.05) is 30.7 Å². The molecule has 0 atom stereocenters. The molecular weight excluding hydrogens is 362 g/mol. The highest BCUT2D eigenvalue weighted by atomic mass is 16.3. The van der Waals surface area contributed by atoms with Crippen molar-refractivity contribution in [2.75, 3.05) is 10.6 Å². The Balaban J connectivity index is 1.38. The summed E-state index contributed by atoms with van der Waals surface area (Å²) in [6.45, 7) is 4.46. The molecule has 0 aliphatic carbocycles. The van der Waals surface area contributed by atoms with Crippen molar-refractivity contribution in [3.8, 4) is 16.9 Å². The fourth-order valence-electron chi connectivity index (χ4n) is 3.25. The summed E-state index contributed by atoms with van der Waals surface area (Å²) in [5.41, 5.74) is 6.03. The maximum atomic E-state index is 9.89. The minimum Gasteiger partial charge on any atom is -0.507 e. The molecule has 4 aromatic rings. The third-order valence-corrected chi connectivity index (χ3v) is 4.76. The zero-order valence-electron chi connectivity index (χ0n) is 16.4. The van der Waals surface area contributed by atoms with Gasteiger partial charge < -0.3 is 15.7 Å². The lowest BCUT2D eigenvalue weighted by atomic mass is 10.1. The smallest absolute Gasteiger partial charge is 0.154 e. The van der Waals surface area contributed by atoms with E-state index in [2.05, 4.69) is 37.9 Å². The first-order chi connectivity index (χ1) is 14.1. The number of rotatable bonds is 6. The van der Waals surface area contributed by atoms with E-state index in [0.717, 1.165) is 45.1 Å². The molecule has 2 heterocycles. The van der Waals surface area contributed by atoms with Gasteiger partial charge in [-0.3, -0.25) is 10.1 Å². The summed E-state index contributed by atoms with van der Waals surface area (Å²) in [6, 6.07) is 18.0. The van der Waals surface area contributed by atoms with Crippen molar-refractivity contribution in [2.24, 2.45) is 0 Å². The van der Waals surface area contributed by atoms with Crippen LogP contribution in [0.2, 0.25) is 0 Å². The Kier molecular flexibility index (Phi) is 5.16. The van der Waals surface area contributed by atoms with E-state index in [-0.39, 0.29) is 0 Å². The molecule has 4 rings (SSSR count). The van der Waals surface area contributed by atoms with Gasteiger partial charge in [-0.2, -0.15) is 5.10 Å². The molecule has 0 aliphatic rings. The van der Waals surface area contributed by atoms with Crippen LogP contribution in [0.4, 0.5) is 17.3 Å². The van der Waals surface area contributed by atoms with Crippen molar-refractivity contribution >= 4 is 17.3 Å². The molecule has 0 unspecified atom stereocenters. The summed E-state index contributed by atoms with van der Waals surface area (Å²) in [4.78, 5) is 4.16. The van der Waals surface area contributed by atoms with Crippen LogP contribution in [0.15, 0.2) is 67.0 Å². The van der Waals surface area contributed by atoms with Crippen LogP contribution in [-0.2, 0) is 6.54 Å². The Morgan fingerprint density at radius 3 is 2.41 bits per heavy atom. The monoisotopic (exact) mass is 385 g/mol.